The van der Waals surface area contributed by atoms with Gasteiger partial charge in [0.2, 0.25) is 5.95 Å². The summed E-state index contributed by atoms with van der Waals surface area (Å²) in [6.07, 6.45) is 1.65. The molecule has 0 saturated carbocycles. The van der Waals surface area contributed by atoms with E-state index in [1.54, 1.807) is 25.1 Å². The van der Waals surface area contributed by atoms with E-state index in [4.69, 9.17) is 10.5 Å². The maximum atomic E-state index is 5.44. The number of anilines is 1. The Kier molecular flexibility index (Phi) is 4.47. The van der Waals surface area contributed by atoms with Gasteiger partial charge in [0.05, 0.1) is 11.1 Å². The lowest BCUT2D eigenvalue weighted by Crippen LogP contribution is -1.98. The van der Waals surface area contributed by atoms with Gasteiger partial charge in [-0.15, -0.1) is 11.8 Å². The van der Waals surface area contributed by atoms with Gasteiger partial charge in [0.25, 0.3) is 0 Å². The zero-order valence-electron chi connectivity index (χ0n) is 7.16. The van der Waals surface area contributed by atoms with Gasteiger partial charge in [-0.2, -0.15) is 0 Å². The second kappa shape index (κ2) is 5.41. The molecule has 0 amide bonds. The average Bonchev–Trinajstić information content (AvgIpc) is 2.11. The topological polar surface area (TPSA) is 61.0 Å². The van der Waals surface area contributed by atoms with E-state index in [9.17, 15) is 0 Å². The van der Waals surface area contributed by atoms with Gasteiger partial charge in [-0.05, 0) is 15.9 Å². The number of hydrogen-bond donors (Lipinski definition) is 1. The molecule has 1 heterocycles. The first-order valence-electron chi connectivity index (χ1n) is 3.64. The fraction of sp³-hybridized carbons (Fsp3) is 0.429. The number of nitrogens with zero attached hydrogens (tertiary/aromatic N) is 2. The van der Waals surface area contributed by atoms with Crippen molar-refractivity contribution in [2.75, 3.05) is 25.2 Å². The third-order valence-electron chi connectivity index (χ3n) is 1.26. The highest BCUT2D eigenvalue weighted by Gasteiger charge is 2.03. The van der Waals surface area contributed by atoms with E-state index >= 15 is 0 Å². The molecule has 6 heteroatoms. The molecule has 13 heavy (non-hydrogen) atoms. The number of aromatic nitrogens is 2. The smallest absolute Gasteiger partial charge is 0.221 e. The molecule has 0 fully saturated rings. The molecule has 0 saturated heterocycles. The molecule has 0 unspecified atom stereocenters. The lowest BCUT2D eigenvalue weighted by atomic mass is 10.7. The van der Waals surface area contributed by atoms with Crippen LogP contribution in [0, 0.1) is 0 Å². The molecule has 0 bridgehead atoms. The molecule has 1 aromatic rings. The molecule has 72 valence electrons. The van der Waals surface area contributed by atoms with Gasteiger partial charge in [-0.1, -0.05) is 0 Å². The van der Waals surface area contributed by atoms with Crippen molar-refractivity contribution in [1.29, 1.82) is 0 Å². The summed E-state index contributed by atoms with van der Waals surface area (Å²) in [5, 5.41) is 0.851. The standard InChI is InChI=1S/C7H10BrN3OS/c1-12-2-3-13-6-5(8)4-10-7(9)11-6/h4H,2-3H2,1H3,(H2,9,10,11). The summed E-state index contributed by atoms with van der Waals surface area (Å²) in [5.74, 6) is 1.15. The minimum atomic E-state index is 0.295. The van der Waals surface area contributed by atoms with Crippen molar-refractivity contribution in [2.45, 2.75) is 5.03 Å². The summed E-state index contributed by atoms with van der Waals surface area (Å²) >= 11 is 4.92. The Morgan fingerprint density at radius 2 is 2.46 bits per heavy atom. The fourth-order valence-corrected chi connectivity index (χ4v) is 2.01. The second-order valence-electron chi connectivity index (χ2n) is 2.22. The van der Waals surface area contributed by atoms with E-state index in [1.807, 2.05) is 0 Å². The summed E-state index contributed by atoms with van der Waals surface area (Å²) in [4.78, 5) is 7.91. The van der Waals surface area contributed by atoms with Gasteiger partial charge in [-0.25, -0.2) is 9.97 Å². The Bertz CT molecular complexity index is 284. The molecule has 4 nitrogen and oxygen atoms in total. The van der Waals surface area contributed by atoms with Crippen LogP contribution in [-0.2, 0) is 4.74 Å². The molecular formula is C7H10BrN3OS. The fourth-order valence-electron chi connectivity index (χ4n) is 0.687. The highest BCUT2D eigenvalue weighted by molar-refractivity contribution is 9.10. The third kappa shape index (κ3) is 3.50. The van der Waals surface area contributed by atoms with Crippen LogP contribution in [0.1, 0.15) is 0 Å². The second-order valence-corrected chi connectivity index (χ2v) is 4.16. The predicted molar refractivity (Wildman–Crippen MR) is 56.7 cm³/mol. The number of thioether (sulfide) groups is 1. The van der Waals surface area contributed by atoms with Crippen molar-refractivity contribution >= 4 is 33.6 Å². The molecule has 1 rings (SSSR count). The molecule has 0 aromatic carbocycles. The largest absolute Gasteiger partial charge is 0.384 e. The molecule has 0 atom stereocenters. The minimum Gasteiger partial charge on any atom is -0.384 e. The Balaban J connectivity index is 2.59. The Labute approximate surface area is 89.4 Å². The first kappa shape index (κ1) is 10.7. The van der Waals surface area contributed by atoms with Crippen LogP contribution in [0.15, 0.2) is 15.7 Å². The third-order valence-corrected chi connectivity index (χ3v) is 3.06. The van der Waals surface area contributed by atoms with Crippen molar-refractivity contribution < 1.29 is 4.74 Å². The van der Waals surface area contributed by atoms with Gasteiger partial charge in [-0.3, -0.25) is 0 Å². The summed E-state index contributed by atoms with van der Waals surface area (Å²) < 4.78 is 5.79. The van der Waals surface area contributed by atoms with E-state index in [0.717, 1.165) is 15.3 Å². The van der Waals surface area contributed by atoms with Crippen LogP contribution in [0.3, 0.4) is 0 Å². The molecule has 0 aliphatic carbocycles. The highest BCUT2D eigenvalue weighted by atomic mass is 79.9. The number of rotatable bonds is 4. The zero-order valence-corrected chi connectivity index (χ0v) is 9.56. The Morgan fingerprint density at radius 1 is 1.69 bits per heavy atom. The molecule has 0 aliphatic heterocycles. The maximum absolute atomic E-state index is 5.44. The van der Waals surface area contributed by atoms with Gasteiger partial charge >= 0.3 is 0 Å². The number of nitrogen functional groups attached to an aromatic ring is 1. The molecule has 0 spiro atoms. The number of ether oxygens (including phenoxy) is 1. The quantitative estimate of drug-likeness (QED) is 0.508. The van der Waals surface area contributed by atoms with Crippen LogP contribution in [0.25, 0.3) is 0 Å². The van der Waals surface area contributed by atoms with Crippen molar-refractivity contribution in [1.82, 2.24) is 9.97 Å². The lowest BCUT2D eigenvalue weighted by molar-refractivity contribution is 0.218. The molecule has 0 radical (unpaired) electrons. The number of nitrogens with two attached hydrogens (primary N) is 1. The van der Waals surface area contributed by atoms with Gasteiger partial charge in [0, 0.05) is 19.1 Å². The first-order valence-corrected chi connectivity index (χ1v) is 5.41. The molecule has 2 N–H and O–H groups in total. The van der Waals surface area contributed by atoms with E-state index < -0.39 is 0 Å². The van der Waals surface area contributed by atoms with E-state index in [1.165, 1.54) is 0 Å². The van der Waals surface area contributed by atoms with Crippen molar-refractivity contribution in [3.63, 3.8) is 0 Å². The zero-order chi connectivity index (χ0) is 9.68. The Morgan fingerprint density at radius 3 is 3.15 bits per heavy atom. The SMILES string of the molecule is COCCSc1nc(N)ncc1Br. The normalized spacial score (nSPS) is 10.3. The van der Waals surface area contributed by atoms with E-state index in [-0.39, 0.29) is 0 Å². The van der Waals surface area contributed by atoms with Crippen LogP contribution in [0.4, 0.5) is 5.95 Å². The highest BCUT2D eigenvalue weighted by Crippen LogP contribution is 2.24. The lowest BCUT2D eigenvalue weighted by Gasteiger charge is -2.02. The average molecular weight is 264 g/mol. The van der Waals surface area contributed by atoms with Crippen molar-refractivity contribution in [3.05, 3.63) is 10.7 Å². The van der Waals surface area contributed by atoms with Crippen LogP contribution >= 0.6 is 27.7 Å². The van der Waals surface area contributed by atoms with Gasteiger partial charge < -0.3 is 10.5 Å². The van der Waals surface area contributed by atoms with Crippen molar-refractivity contribution in [2.24, 2.45) is 0 Å². The van der Waals surface area contributed by atoms with E-state index in [0.29, 0.717) is 12.6 Å². The molecular weight excluding hydrogens is 254 g/mol. The summed E-state index contributed by atoms with van der Waals surface area (Å²) in [6.45, 7) is 0.695. The Hall–Kier alpha value is -0.330. The first-order chi connectivity index (χ1) is 6.24. The molecule has 1 aromatic heterocycles. The number of hydrogen-bond acceptors (Lipinski definition) is 5. The summed E-state index contributed by atoms with van der Waals surface area (Å²) in [6, 6.07) is 0. The number of halogens is 1. The van der Waals surface area contributed by atoms with Crippen molar-refractivity contribution in [3.8, 4) is 0 Å². The number of methoxy groups -OCH3 is 1. The van der Waals surface area contributed by atoms with Gasteiger partial charge in [0.15, 0.2) is 0 Å². The minimum absolute atomic E-state index is 0.295. The van der Waals surface area contributed by atoms with Crippen LogP contribution in [-0.4, -0.2) is 29.4 Å². The predicted octanol–water partition coefficient (Wildman–Crippen LogP) is 1.56. The van der Waals surface area contributed by atoms with Crippen LogP contribution in [0.2, 0.25) is 0 Å². The van der Waals surface area contributed by atoms with E-state index in [2.05, 4.69) is 25.9 Å². The van der Waals surface area contributed by atoms with Crippen LogP contribution < -0.4 is 5.73 Å². The monoisotopic (exact) mass is 263 g/mol. The summed E-state index contributed by atoms with van der Waals surface area (Å²) in [5.41, 5.74) is 5.44. The maximum Gasteiger partial charge on any atom is 0.221 e. The summed E-state index contributed by atoms with van der Waals surface area (Å²) in [7, 11) is 1.67. The van der Waals surface area contributed by atoms with Crippen LogP contribution in [0.5, 0.6) is 0 Å². The molecule has 0 aliphatic rings. The van der Waals surface area contributed by atoms with Gasteiger partial charge in [0.1, 0.15) is 5.03 Å².